The Kier molecular flexibility index (Phi) is 7.52. The van der Waals surface area contributed by atoms with Crippen molar-refractivity contribution in [1.29, 1.82) is 0 Å². The predicted octanol–water partition coefficient (Wildman–Crippen LogP) is 3.38. The zero-order valence-corrected chi connectivity index (χ0v) is 19.6. The van der Waals surface area contributed by atoms with Crippen molar-refractivity contribution in [2.24, 2.45) is 0 Å². The van der Waals surface area contributed by atoms with Crippen molar-refractivity contribution < 1.29 is 19.1 Å². The molecule has 1 aromatic carbocycles. The van der Waals surface area contributed by atoms with Crippen LogP contribution in [0.3, 0.4) is 0 Å². The summed E-state index contributed by atoms with van der Waals surface area (Å²) in [7, 11) is 0. The number of allylic oxidation sites excluding steroid dienone is 1. The van der Waals surface area contributed by atoms with Crippen LogP contribution < -0.4 is 15.0 Å². The summed E-state index contributed by atoms with van der Waals surface area (Å²) in [5.74, 6) is 0.959. The van der Waals surface area contributed by atoms with Gasteiger partial charge >= 0.3 is 6.09 Å². The van der Waals surface area contributed by atoms with Crippen LogP contribution in [0.2, 0.25) is 0 Å². The first-order valence-corrected chi connectivity index (χ1v) is 10.8. The predicted molar refractivity (Wildman–Crippen MR) is 125 cm³/mol. The molecule has 9 nitrogen and oxygen atoms in total. The van der Waals surface area contributed by atoms with Gasteiger partial charge in [0.05, 0.1) is 12.4 Å². The third kappa shape index (κ3) is 7.20. The average Bonchev–Trinajstić information content (AvgIpc) is 2.77. The molecule has 1 aliphatic heterocycles. The van der Waals surface area contributed by atoms with Crippen LogP contribution in [0.4, 0.5) is 10.7 Å². The molecule has 0 aliphatic carbocycles. The zero-order chi connectivity index (χ0) is 24.0. The monoisotopic (exact) mass is 453 g/mol. The van der Waals surface area contributed by atoms with E-state index in [-0.39, 0.29) is 12.0 Å². The van der Waals surface area contributed by atoms with Gasteiger partial charge in [0, 0.05) is 37.4 Å². The smallest absolute Gasteiger partial charge is 0.410 e. The van der Waals surface area contributed by atoms with Gasteiger partial charge in [-0.2, -0.15) is 0 Å². The molecular formula is C24H31N5O4. The Morgan fingerprint density at radius 1 is 1.06 bits per heavy atom. The summed E-state index contributed by atoms with van der Waals surface area (Å²) in [4.78, 5) is 36.7. The van der Waals surface area contributed by atoms with Crippen LogP contribution in [-0.4, -0.2) is 58.6 Å². The summed E-state index contributed by atoms with van der Waals surface area (Å²) in [5.41, 5.74) is 1.57. The number of piperazine rings is 1. The van der Waals surface area contributed by atoms with Gasteiger partial charge in [0.25, 0.3) is 5.91 Å². The first-order chi connectivity index (χ1) is 15.6. The molecule has 0 saturated carbocycles. The molecule has 2 aromatic rings. The Morgan fingerprint density at radius 2 is 1.67 bits per heavy atom. The molecule has 1 fully saturated rings. The summed E-state index contributed by atoms with van der Waals surface area (Å²) in [6.45, 7) is 13.7. The average molecular weight is 454 g/mol. The lowest BCUT2D eigenvalue weighted by Crippen LogP contribution is -2.50. The highest BCUT2D eigenvalue weighted by Gasteiger charge is 2.26. The fourth-order valence-electron chi connectivity index (χ4n) is 3.15. The Labute approximate surface area is 194 Å². The summed E-state index contributed by atoms with van der Waals surface area (Å²) in [5, 5.41) is 2.67. The van der Waals surface area contributed by atoms with Crippen LogP contribution in [-0.2, 0) is 11.3 Å². The Bertz CT molecular complexity index is 975. The van der Waals surface area contributed by atoms with Crippen LogP contribution in [0, 0.1) is 0 Å². The standard InChI is InChI=1S/C24H31N5O4/c1-17(2)27-21(30)19-8-6-18(7-9-19)16-32-20-14-25-22(26-15-20)28-10-12-29(13-11-28)23(31)33-24(3,4)5/h6-9,14-15H,1,10-13,16H2,2-5H3,(H,27,30). The first kappa shape index (κ1) is 24.0. The molecular weight excluding hydrogens is 422 g/mol. The van der Waals surface area contributed by atoms with E-state index in [9.17, 15) is 9.59 Å². The lowest BCUT2D eigenvalue weighted by Gasteiger charge is -2.35. The summed E-state index contributed by atoms with van der Waals surface area (Å²) < 4.78 is 11.2. The molecule has 2 heterocycles. The second-order valence-electron chi connectivity index (χ2n) is 8.89. The van der Waals surface area contributed by atoms with E-state index >= 15 is 0 Å². The van der Waals surface area contributed by atoms with Crippen LogP contribution in [0.5, 0.6) is 5.75 Å². The van der Waals surface area contributed by atoms with Gasteiger partial charge in [0.1, 0.15) is 12.2 Å². The molecule has 3 rings (SSSR count). The molecule has 176 valence electrons. The number of rotatable bonds is 6. The highest BCUT2D eigenvalue weighted by atomic mass is 16.6. The molecule has 1 aromatic heterocycles. The molecule has 0 bridgehead atoms. The van der Waals surface area contributed by atoms with Crippen molar-refractivity contribution in [3.63, 3.8) is 0 Å². The lowest BCUT2D eigenvalue weighted by molar-refractivity contribution is 0.0240. The Balaban J connectivity index is 1.47. The normalized spacial score (nSPS) is 13.9. The molecule has 2 amide bonds. The minimum atomic E-state index is -0.505. The number of carbonyl (C=O) groups is 2. The van der Waals surface area contributed by atoms with E-state index in [1.807, 2.05) is 37.8 Å². The van der Waals surface area contributed by atoms with Gasteiger partial charge in [0.15, 0.2) is 5.75 Å². The van der Waals surface area contributed by atoms with Gasteiger partial charge in [0.2, 0.25) is 5.95 Å². The fraction of sp³-hybridized carbons (Fsp3) is 0.417. The quantitative estimate of drug-likeness (QED) is 0.716. The van der Waals surface area contributed by atoms with E-state index in [1.165, 1.54) is 0 Å². The third-order valence-electron chi connectivity index (χ3n) is 4.78. The van der Waals surface area contributed by atoms with Gasteiger partial charge in [-0.15, -0.1) is 0 Å². The molecule has 0 unspecified atom stereocenters. The van der Waals surface area contributed by atoms with Gasteiger partial charge in [-0.25, -0.2) is 14.8 Å². The van der Waals surface area contributed by atoms with Crippen LogP contribution >= 0.6 is 0 Å². The van der Waals surface area contributed by atoms with E-state index < -0.39 is 5.60 Å². The molecule has 1 saturated heterocycles. The molecule has 1 N–H and O–H groups in total. The number of nitrogens with zero attached hydrogens (tertiary/aromatic N) is 4. The maximum Gasteiger partial charge on any atom is 0.410 e. The number of benzene rings is 1. The number of anilines is 1. The molecule has 0 spiro atoms. The van der Waals surface area contributed by atoms with Crippen molar-refractivity contribution in [3.8, 4) is 5.75 Å². The number of amides is 2. The third-order valence-corrected chi connectivity index (χ3v) is 4.78. The number of nitrogens with one attached hydrogen (secondary N) is 1. The largest absolute Gasteiger partial charge is 0.486 e. The van der Waals surface area contributed by atoms with Crippen LogP contribution in [0.25, 0.3) is 0 Å². The molecule has 9 heteroatoms. The topological polar surface area (TPSA) is 96.9 Å². The number of ether oxygens (including phenoxy) is 2. The number of aromatic nitrogens is 2. The zero-order valence-electron chi connectivity index (χ0n) is 19.6. The van der Waals surface area contributed by atoms with E-state index in [4.69, 9.17) is 9.47 Å². The number of carbonyl (C=O) groups excluding carboxylic acids is 2. The van der Waals surface area contributed by atoms with Crippen LogP contribution in [0.15, 0.2) is 48.9 Å². The SMILES string of the molecule is C=C(C)NC(=O)c1ccc(COc2cnc(N3CCN(C(=O)OC(C)(C)C)CC3)nc2)cc1. The van der Waals surface area contributed by atoms with Gasteiger partial charge in [-0.3, -0.25) is 4.79 Å². The van der Waals surface area contributed by atoms with Crippen LogP contribution in [0.1, 0.15) is 43.6 Å². The highest BCUT2D eigenvalue weighted by molar-refractivity contribution is 5.95. The van der Waals surface area contributed by atoms with Gasteiger partial charge < -0.3 is 24.6 Å². The fourth-order valence-corrected chi connectivity index (χ4v) is 3.15. The van der Waals surface area contributed by atoms with E-state index in [0.29, 0.717) is 55.7 Å². The van der Waals surface area contributed by atoms with Crippen molar-refractivity contribution in [2.45, 2.75) is 39.9 Å². The molecule has 0 atom stereocenters. The summed E-state index contributed by atoms with van der Waals surface area (Å²) >= 11 is 0. The maximum absolute atomic E-state index is 12.2. The minimum Gasteiger partial charge on any atom is -0.486 e. The number of hydrogen-bond acceptors (Lipinski definition) is 7. The Morgan fingerprint density at radius 3 is 2.21 bits per heavy atom. The van der Waals surface area contributed by atoms with Gasteiger partial charge in [-0.05, 0) is 45.4 Å². The second-order valence-corrected chi connectivity index (χ2v) is 8.89. The first-order valence-electron chi connectivity index (χ1n) is 10.8. The minimum absolute atomic E-state index is 0.189. The summed E-state index contributed by atoms with van der Waals surface area (Å²) in [6.07, 6.45) is 2.98. The molecule has 0 radical (unpaired) electrons. The number of hydrogen-bond donors (Lipinski definition) is 1. The second kappa shape index (κ2) is 10.3. The van der Waals surface area contributed by atoms with Gasteiger partial charge in [-0.1, -0.05) is 18.7 Å². The summed E-state index contributed by atoms with van der Waals surface area (Å²) in [6, 6.07) is 7.17. The van der Waals surface area contributed by atoms with E-state index in [2.05, 4.69) is 21.9 Å². The Hall–Kier alpha value is -3.62. The van der Waals surface area contributed by atoms with Crippen molar-refractivity contribution in [2.75, 3.05) is 31.1 Å². The molecule has 33 heavy (non-hydrogen) atoms. The van der Waals surface area contributed by atoms with Crippen molar-refractivity contribution in [1.82, 2.24) is 20.2 Å². The van der Waals surface area contributed by atoms with E-state index in [0.717, 1.165) is 5.56 Å². The molecule has 1 aliphatic rings. The highest BCUT2D eigenvalue weighted by Crippen LogP contribution is 2.17. The van der Waals surface area contributed by atoms with E-state index in [1.54, 1.807) is 36.4 Å². The van der Waals surface area contributed by atoms with Crippen molar-refractivity contribution >= 4 is 17.9 Å². The lowest BCUT2D eigenvalue weighted by atomic mass is 10.1. The maximum atomic E-state index is 12.2. The van der Waals surface area contributed by atoms with Crippen molar-refractivity contribution in [3.05, 3.63) is 60.1 Å².